The van der Waals surface area contributed by atoms with Crippen LogP contribution in [0.25, 0.3) is 0 Å². The van der Waals surface area contributed by atoms with E-state index < -0.39 is 0 Å². The predicted molar refractivity (Wildman–Crippen MR) is 82.3 cm³/mol. The van der Waals surface area contributed by atoms with Gasteiger partial charge in [-0.25, -0.2) is 0 Å². The van der Waals surface area contributed by atoms with E-state index in [0.717, 1.165) is 43.4 Å². The van der Waals surface area contributed by atoms with Crippen LogP contribution < -0.4 is 4.90 Å². The van der Waals surface area contributed by atoms with Crippen LogP contribution in [-0.4, -0.2) is 30.7 Å². The average Bonchev–Trinajstić information content (AvgIpc) is 2.45. The zero-order chi connectivity index (χ0) is 14.5. The zero-order valence-corrected chi connectivity index (χ0v) is 13.1. The highest BCUT2D eigenvalue weighted by molar-refractivity contribution is 9.10. The molecule has 1 aliphatic rings. The van der Waals surface area contributed by atoms with Gasteiger partial charge in [0.1, 0.15) is 5.69 Å². The molecule has 1 heterocycles. The van der Waals surface area contributed by atoms with Gasteiger partial charge in [-0.15, -0.1) is 0 Å². The van der Waals surface area contributed by atoms with Crippen LogP contribution in [-0.2, 0) is 4.74 Å². The number of benzene rings is 1. The number of ether oxygens (including phenoxy) is 1. The van der Waals surface area contributed by atoms with Gasteiger partial charge in [0.05, 0.1) is 11.0 Å². The number of hydrogen-bond donors (Lipinski definition) is 0. The Morgan fingerprint density at radius 1 is 1.55 bits per heavy atom. The van der Waals surface area contributed by atoms with E-state index in [1.165, 1.54) is 0 Å². The molecule has 0 radical (unpaired) electrons. The van der Waals surface area contributed by atoms with Crippen LogP contribution in [0.2, 0.25) is 0 Å². The summed E-state index contributed by atoms with van der Waals surface area (Å²) in [5.41, 5.74) is 0.832. The fourth-order valence-corrected chi connectivity index (χ4v) is 2.84. The molecule has 0 bridgehead atoms. The molecule has 0 aromatic heterocycles. The first-order valence-corrected chi connectivity index (χ1v) is 7.71. The Balaban J connectivity index is 2.16. The molecule has 1 aromatic carbocycles. The molecule has 110 valence electrons. The Kier molecular flexibility index (Phi) is 5.37. The first-order chi connectivity index (χ1) is 9.61. The number of halogens is 1. The minimum atomic E-state index is -0.323. The number of hydrogen-bond acceptors (Lipinski definition) is 4. The van der Waals surface area contributed by atoms with Gasteiger partial charge in [-0.2, -0.15) is 0 Å². The van der Waals surface area contributed by atoms with Crippen molar-refractivity contribution < 1.29 is 9.66 Å². The molecule has 1 aromatic rings. The maximum atomic E-state index is 11.2. The SMILES string of the molecule is CCCOC1CCCN(c2ccc(Br)cc2[N+](=O)[O-])C1. The summed E-state index contributed by atoms with van der Waals surface area (Å²) in [6.07, 6.45) is 3.20. The van der Waals surface area contributed by atoms with E-state index in [9.17, 15) is 10.1 Å². The molecule has 1 fully saturated rings. The Bertz CT molecular complexity index is 481. The summed E-state index contributed by atoms with van der Waals surface area (Å²) >= 11 is 3.29. The quantitative estimate of drug-likeness (QED) is 0.603. The summed E-state index contributed by atoms with van der Waals surface area (Å²) in [5, 5.41) is 11.2. The molecule has 0 spiro atoms. The van der Waals surface area contributed by atoms with Crippen LogP contribution >= 0.6 is 15.9 Å². The van der Waals surface area contributed by atoms with E-state index >= 15 is 0 Å². The Labute approximate surface area is 127 Å². The second kappa shape index (κ2) is 7.04. The fourth-order valence-electron chi connectivity index (χ4n) is 2.49. The van der Waals surface area contributed by atoms with Gasteiger partial charge in [0.15, 0.2) is 0 Å². The molecule has 6 heteroatoms. The molecular formula is C14H19BrN2O3. The lowest BCUT2D eigenvalue weighted by atomic mass is 10.1. The minimum Gasteiger partial charge on any atom is -0.376 e. The summed E-state index contributed by atoms with van der Waals surface area (Å²) in [5.74, 6) is 0. The number of anilines is 1. The molecule has 1 unspecified atom stereocenters. The highest BCUT2D eigenvalue weighted by Crippen LogP contribution is 2.33. The average molecular weight is 343 g/mol. The van der Waals surface area contributed by atoms with Crippen LogP contribution in [0.4, 0.5) is 11.4 Å². The second-order valence-electron chi connectivity index (χ2n) is 4.97. The summed E-state index contributed by atoms with van der Waals surface area (Å²) in [4.78, 5) is 12.9. The van der Waals surface area contributed by atoms with Crippen molar-refractivity contribution in [3.8, 4) is 0 Å². The lowest BCUT2D eigenvalue weighted by Gasteiger charge is -2.34. The van der Waals surface area contributed by atoms with Crippen molar-refractivity contribution in [2.45, 2.75) is 32.3 Å². The lowest BCUT2D eigenvalue weighted by molar-refractivity contribution is -0.384. The molecule has 1 aliphatic heterocycles. The first kappa shape index (κ1) is 15.3. The smallest absolute Gasteiger partial charge is 0.293 e. The topological polar surface area (TPSA) is 55.6 Å². The molecule has 0 amide bonds. The van der Waals surface area contributed by atoms with Gasteiger partial charge in [-0.1, -0.05) is 22.9 Å². The van der Waals surface area contributed by atoms with Gasteiger partial charge in [0, 0.05) is 30.2 Å². The normalized spacial score (nSPS) is 19.1. The minimum absolute atomic E-state index is 0.149. The fraction of sp³-hybridized carbons (Fsp3) is 0.571. The van der Waals surface area contributed by atoms with E-state index in [1.54, 1.807) is 6.07 Å². The van der Waals surface area contributed by atoms with Crippen LogP contribution in [0.3, 0.4) is 0 Å². The zero-order valence-electron chi connectivity index (χ0n) is 11.5. The molecular weight excluding hydrogens is 324 g/mol. The van der Waals surface area contributed by atoms with Crippen LogP contribution in [0, 0.1) is 10.1 Å². The number of rotatable bonds is 5. The summed E-state index contributed by atoms with van der Waals surface area (Å²) in [6.45, 7) is 4.40. The van der Waals surface area contributed by atoms with Gasteiger partial charge in [0.2, 0.25) is 0 Å². The van der Waals surface area contributed by atoms with Crippen molar-refractivity contribution in [3.05, 3.63) is 32.8 Å². The highest BCUT2D eigenvalue weighted by atomic mass is 79.9. The van der Waals surface area contributed by atoms with Gasteiger partial charge in [-0.3, -0.25) is 10.1 Å². The monoisotopic (exact) mass is 342 g/mol. The van der Waals surface area contributed by atoms with E-state index in [1.807, 2.05) is 12.1 Å². The van der Waals surface area contributed by atoms with Crippen molar-refractivity contribution in [2.24, 2.45) is 0 Å². The maximum Gasteiger partial charge on any atom is 0.293 e. The molecule has 20 heavy (non-hydrogen) atoms. The largest absolute Gasteiger partial charge is 0.376 e. The molecule has 1 atom stereocenters. The Hall–Kier alpha value is -1.14. The van der Waals surface area contributed by atoms with E-state index in [0.29, 0.717) is 5.69 Å². The third-order valence-corrected chi connectivity index (χ3v) is 3.90. The van der Waals surface area contributed by atoms with Gasteiger partial charge in [0.25, 0.3) is 5.69 Å². The molecule has 0 saturated carbocycles. The standard InChI is InChI=1S/C14H19BrN2O3/c1-2-8-20-12-4-3-7-16(10-12)13-6-5-11(15)9-14(13)17(18)19/h5-6,9,12H,2-4,7-8,10H2,1H3. The lowest BCUT2D eigenvalue weighted by Crippen LogP contribution is -2.40. The third kappa shape index (κ3) is 3.70. The van der Waals surface area contributed by atoms with E-state index in [4.69, 9.17) is 4.74 Å². The van der Waals surface area contributed by atoms with Crippen molar-refractivity contribution in [1.29, 1.82) is 0 Å². The van der Waals surface area contributed by atoms with Gasteiger partial charge >= 0.3 is 0 Å². The Morgan fingerprint density at radius 2 is 2.35 bits per heavy atom. The number of piperidine rings is 1. The molecule has 0 N–H and O–H groups in total. The van der Waals surface area contributed by atoms with Crippen molar-refractivity contribution in [1.82, 2.24) is 0 Å². The maximum absolute atomic E-state index is 11.2. The van der Waals surface area contributed by atoms with Crippen LogP contribution in [0.5, 0.6) is 0 Å². The molecule has 5 nitrogen and oxygen atoms in total. The van der Waals surface area contributed by atoms with Crippen molar-refractivity contribution >= 4 is 27.3 Å². The predicted octanol–water partition coefficient (Wildman–Crippen LogP) is 3.75. The molecule has 2 rings (SSSR count). The van der Waals surface area contributed by atoms with E-state index in [-0.39, 0.29) is 16.7 Å². The number of nitro groups is 1. The number of nitro benzene ring substituents is 1. The van der Waals surface area contributed by atoms with Gasteiger partial charge in [-0.05, 0) is 31.4 Å². The Morgan fingerprint density at radius 3 is 3.05 bits per heavy atom. The summed E-state index contributed by atoms with van der Waals surface area (Å²) in [6, 6.07) is 5.22. The summed E-state index contributed by atoms with van der Waals surface area (Å²) < 4.78 is 6.51. The summed E-state index contributed by atoms with van der Waals surface area (Å²) in [7, 11) is 0. The first-order valence-electron chi connectivity index (χ1n) is 6.92. The van der Waals surface area contributed by atoms with Crippen molar-refractivity contribution in [3.63, 3.8) is 0 Å². The van der Waals surface area contributed by atoms with Crippen molar-refractivity contribution in [2.75, 3.05) is 24.6 Å². The second-order valence-corrected chi connectivity index (χ2v) is 5.89. The molecule has 1 saturated heterocycles. The van der Waals surface area contributed by atoms with Gasteiger partial charge < -0.3 is 9.64 Å². The molecule has 0 aliphatic carbocycles. The van der Waals surface area contributed by atoms with E-state index in [2.05, 4.69) is 27.8 Å². The van der Waals surface area contributed by atoms with Crippen LogP contribution in [0.1, 0.15) is 26.2 Å². The highest BCUT2D eigenvalue weighted by Gasteiger charge is 2.25. The van der Waals surface area contributed by atoms with Crippen LogP contribution in [0.15, 0.2) is 22.7 Å². The number of nitrogens with zero attached hydrogens (tertiary/aromatic N) is 2. The third-order valence-electron chi connectivity index (χ3n) is 3.41.